The Bertz CT molecular complexity index is 675. The summed E-state index contributed by atoms with van der Waals surface area (Å²) in [6, 6.07) is 0. The van der Waals surface area contributed by atoms with Gasteiger partial charge in [-0.05, 0) is 0 Å². The molecule has 1 unspecified atom stereocenters. The Morgan fingerprint density at radius 2 is 2.35 bits per heavy atom. The summed E-state index contributed by atoms with van der Waals surface area (Å²) in [4.78, 5) is 10.9. The smallest absolute Gasteiger partial charge is 0.194 e. The predicted molar refractivity (Wildman–Crippen MR) is 86.9 cm³/mol. The maximum absolute atomic E-state index is 5.88. The molecule has 124 valence electrons. The van der Waals surface area contributed by atoms with Crippen LogP contribution in [0.15, 0.2) is 29.8 Å². The molecule has 0 bridgehead atoms. The normalized spacial score (nSPS) is 19.2. The van der Waals surface area contributed by atoms with E-state index in [-0.39, 0.29) is 6.10 Å². The van der Waals surface area contributed by atoms with Gasteiger partial charge in [0.15, 0.2) is 5.96 Å². The van der Waals surface area contributed by atoms with Gasteiger partial charge in [0.05, 0.1) is 25.9 Å². The van der Waals surface area contributed by atoms with E-state index in [0.29, 0.717) is 13.2 Å². The molecule has 3 heterocycles. The van der Waals surface area contributed by atoms with E-state index in [0.717, 1.165) is 30.4 Å². The second kappa shape index (κ2) is 6.82. The lowest BCUT2D eigenvalue weighted by Crippen LogP contribution is -2.48. The van der Waals surface area contributed by atoms with Crippen LogP contribution >= 0.6 is 0 Å². The second-order valence-electron chi connectivity index (χ2n) is 5.61. The Kier molecular flexibility index (Phi) is 4.61. The van der Waals surface area contributed by atoms with Crippen molar-refractivity contribution in [2.45, 2.75) is 12.6 Å². The Hall–Kier alpha value is -2.35. The fourth-order valence-corrected chi connectivity index (χ4v) is 2.71. The van der Waals surface area contributed by atoms with Gasteiger partial charge in [-0.3, -0.25) is 9.67 Å². The fourth-order valence-electron chi connectivity index (χ4n) is 2.71. The van der Waals surface area contributed by atoms with Crippen molar-refractivity contribution in [2.24, 2.45) is 19.1 Å². The number of hydrogen-bond donors (Lipinski definition) is 1. The van der Waals surface area contributed by atoms with E-state index in [4.69, 9.17) is 4.74 Å². The van der Waals surface area contributed by atoms with Crippen LogP contribution in [-0.4, -0.2) is 56.9 Å². The third-order valence-corrected chi connectivity index (χ3v) is 4.00. The first-order valence-corrected chi connectivity index (χ1v) is 7.69. The van der Waals surface area contributed by atoms with Crippen LogP contribution in [0.25, 0.3) is 0 Å². The molecule has 0 aromatic carbocycles. The lowest BCUT2D eigenvalue weighted by atomic mass is 10.1. The average Bonchev–Trinajstić information content (AvgIpc) is 3.17. The highest BCUT2D eigenvalue weighted by Crippen LogP contribution is 2.21. The summed E-state index contributed by atoms with van der Waals surface area (Å²) in [6.45, 7) is 2.89. The molecule has 1 saturated heterocycles. The Morgan fingerprint density at radius 1 is 1.48 bits per heavy atom. The minimum absolute atomic E-state index is 0.0177. The summed E-state index contributed by atoms with van der Waals surface area (Å²) in [7, 11) is 5.70. The average molecular weight is 317 g/mol. The summed E-state index contributed by atoms with van der Waals surface area (Å²) in [5.41, 5.74) is 1.09. The van der Waals surface area contributed by atoms with Gasteiger partial charge in [-0.15, -0.1) is 0 Å². The van der Waals surface area contributed by atoms with Crippen LogP contribution in [-0.2, 0) is 25.4 Å². The predicted octanol–water partition coefficient (Wildman–Crippen LogP) is 0.303. The van der Waals surface area contributed by atoms with Crippen molar-refractivity contribution < 1.29 is 4.74 Å². The molecule has 1 aliphatic heterocycles. The summed E-state index contributed by atoms with van der Waals surface area (Å²) < 4.78 is 9.67. The van der Waals surface area contributed by atoms with Crippen LogP contribution in [0.2, 0.25) is 0 Å². The number of hydrogen-bond acceptors (Lipinski definition) is 4. The number of imidazole rings is 1. The molecule has 0 radical (unpaired) electrons. The monoisotopic (exact) mass is 317 g/mol. The van der Waals surface area contributed by atoms with Gasteiger partial charge in [0.25, 0.3) is 0 Å². The van der Waals surface area contributed by atoms with Gasteiger partial charge in [0, 0.05) is 51.8 Å². The van der Waals surface area contributed by atoms with Gasteiger partial charge in [-0.2, -0.15) is 5.10 Å². The van der Waals surface area contributed by atoms with E-state index < -0.39 is 0 Å². The van der Waals surface area contributed by atoms with Gasteiger partial charge < -0.3 is 19.5 Å². The molecule has 8 nitrogen and oxygen atoms in total. The minimum atomic E-state index is 0.0177. The molecular weight excluding hydrogens is 294 g/mol. The van der Waals surface area contributed by atoms with E-state index in [2.05, 4.69) is 25.3 Å². The number of morpholine rings is 1. The maximum atomic E-state index is 5.88. The van der Waals surface area contributed by atoms with Crippen LogP contribution in [0, 0.1) is 0 Å². The molecule has 1 N–H and O–H groups in total. The van der Waals surface area contributed by atoms with Crippen molar-refractivity contribution in [3.8, 4) is 0 Å². The number of nitrogens with one attached hydrogen (secondary N) is 1. The molecular formula is C15H23N7O. The Labute approximate surface area is 135 Å². The largest absolute Gasteiger partial charge is 0.370 e. The Morgan fingerprint density at radius 3 is 3.00 bits per heavy atom. The second-order valence-corrected chi connectivity index (χ2v) is 5.61. The number of rotatable bonds is 3. The van der Waals surface area contributed by atoms with E-state index in [9.17, 15) is 0 Å². The summed E-state index contributed by atoms with van der Waals surface area (Å²) >= 11 is 0. The molecule has 0 amide bonds. The minimum Gasteiger partial charge on any atom is -0.370 e. The van der Waals surface area contributed by atoms with E-state index >= 15 is 0 Å². The first-order chi connectivity index (χ1) is 11.2. The molecule has 1 atom stereocenters. The van der Waals surface area contributed by atoms with E-state index in [1.54, 1.807) is 17.9 Å². The zero-order chi connectivity index (χ0) is 16.2. The van der Waals surface area contributed by atoms with Crippen molar-refractivity contribution in [1.82, 2.24) is 29.5 Å². The molecule has 0 saturated carbocycles. The molecule has 0 spiro atoms. The molecule has 2 aromatic heterocycles. The van der Waals surface area contributed by atoms with Crippen molar-refractivity contribution in [2.75, 3.05) is 26.7 Å². The highest BCUT2D eigenvalue weighted by molar-refractivity contribution is 5.79. The zero-order valence-corrected chi connectivity index (χ0v) is 13.8. The van der Waals surface area contributed by atoms with Crippen molar-refractivity contribution >= 4 is 5.96 Å². The maximum Gasteiger partial charge on any atom is 0.194 e. The molecule has 1 fully saturated rings. The van der Waals surface area contributed by atoms with Crippen molar-refractivity contribution in [3.63, 3.8) is 0 Å². The van der Waals surface area contributed by atoms with E-state index in [1.165, 1.54) is 0 Å². The lowest BCUT2D eigenvalue weighted by molar-refractivity contribution is -0.00806. The summed E-state index contributed by atoms with van der Waals surface area (Å²) in [6.07, 6.45) is 7.61. The summed E-state index contributed by atoms with van der Waals surface area (Å²) in [5, 5.41) is 7.60. The molecule has 2 aromatic rings. The number of nitrogens with zero attached hydrogens (tertiary/aromatic N) is 6. The van der Waals surface area contributed by atoms with Crippen molar-refractivity contribution in [3.05, 3.63) is 36.2 Å². The number of aryl methyl sites for hydroxylation is 2. The summed E-state index contributed by atoms with van der Waals surface area (Å²) in [5.74, 6) is 1.84. The number of ether oxygens (including phenoxy) is 1. The Balaban J connectivity index is 1.63. The first kappa shape index (κ1) is 15.5. The van der Waals surface area contributed by atoms with Crippen LogP contribution in [0.5, 0.6) is 0 Å². The number of guanidine groups is 1. The standard InChI is InChI=1S/C15H23N7O/c1-16-15(18-9-14-17-4-5-20(14)2)22-6-7-23-13(11-22)12-8-19-21(3)10-12/h4-5,8,10,13H,6-7,9,11H2,1-3H3,(H,16,18). The molecule has 3 rings (SSSR count). The highest BCUT2D eigenvalue weighted by Gasteiger charge is 2.25. The van der Waals surface area contributed by atoms with Gasteiger partial charge >= 0.3 is 0 Å². The van der Waals surface area contributed by atoms with Gasteiger partial charge in [-0.1, -0.05) is 0 Å². The molecule has 1 aliphatic rings. The number of aliphatic imine (C=N–C) groups is 1. The molecule has 23 heavy (non-hydrogen) atoms. The zero-order valence-electron chi connectivity index (χ0n) is 13.8. The van der Waals surface area contributed by atoms with Crippen LogP contribution in [0.1, 0.15) is 17.5 Å². The van der Waals surface area contributed by atoms with Gasteiger partial charge in [0.1, 0.15) is 11.9 Å². The fraction of sp³-hybridized carbons (Fsp3) is 0.533. The van der Waals surface area contributed by atoms with E-state index in [1.807, 2.05) is 37.3 Å². The van der Waals surface area contributed by atoms with Crippen LogP contribution in [0.3, 0.4) is 0 Å². The molecule has 8 heteroatoms. The van der Waals surface area contributed by atoms with Crippen molar-refractivity contribution in [1.29, 1.82) is 0 Å². The molecule has 0 aliphatic carbocycles. The van der Waals surface area contributed by atoms with Gasteiger partial charge in [-0.25, -0.2) is 4.98 Å². The quantitative estimate of drug-likeness (QED) is 0.651. The third-order valence-electron chi connectivity index (χ3n) is 4.00. The topological polar surface area (TPSA) is 72.5 Å². The SMILES string of the molecule is CN=C(NCc1nccn1C)N1CCOC(c2cnn(C)c2)C1. The third kappa shape index (κ3) is 3.53. The van der Waals surface area contributed by atoms with Crippen LogP contribution in [0.4, 0.5) is 0 Å². The first-order valence-electron chi connectivity index (χ1n) is 7.69. The van der Waals surface area contributed by atoms with Crippen LogP contribution < -0.4 is 5.32 Å². The lowest BCUT2D eigenvalue weighted by Gasteiger charge is -2.34. The van der Waals surface area contributed by atoms with Gasteiger partial charge in [0.2, 0.25) is 0 Å². The number of aromatic nitrogens is 4. The highest BCUT2D eigenvalue weighted by atomic mass is 16.5.